The first-order chi connectivity index (χ1) is 10.8. The highest BCUT2D eigenvalue weighted by molar-refractivity contribution is 9.10. The largest absolute Gasteiger partial charge is 0.465 e. The van der Waals surface area contributed by atoms with Crippen molar-refractivity contribution in [2.45, 2.75) is 38.8 Å². The van der Waals surface area contributed by atoms with Gasteiger partial charge in [-0.3, -0.25) is 23.9 Å². The second kappa shape index (κ2) is 7.12. The summed E-state index contributed by atoms with van der Waals surface area (Å²) >= 11 is 3.09. The molecule has 1 aromatic heterocycles. The van der Waals surface area contributed by atoms with E-state index in [9.17, 15) is 19.2 Å². The molecule has 3 atom stereocenters. The van der Waals surface area contributed by atoms with Crippen molar-refractivity contribution in [1.82, 2.24) is 9.55 Å². The molecule has 9 heteroatoms. The summed E-state index contributed by atoms with van der Waals surface area (Å²) in [5.74, 6) is -1.05. The van der Waals surface area contributed by atoms with Crippen LogP contribution in [0.1, 0.15) is 32.7 Å². The second-order valence-corrected chi connectivity index (χ2v) is 6.33. The minimum atomic E-state index is -0.530. The Morgan fingerprint density at radius 3 is 2.61 bits per heavy atom. The lowest BCUT2D eigenvalue weighted by molar-refractivity contribution is -0.151. The Kier molecular flexibility index (Phi) is 5.40. The van der Waals surface area contributed by atoms with E-state index in [4.69, 9.17) is 9.47 Å². The molecule has 0 aromatic carbocycles. The van der Waals surface area contributed by atoms with E-state index < -0.39 is 29.3 Å². The van der Waals surface area contributed by atoms with E-state index >= 15 is 0 Å². The second-order valence-electron chi connectivity index (χ2n) is 5.48. The van der Waals surface area contributed by atoms with Crippen LogP contribution in [0.15, 0.2) is 20.3 Å². The van der Waals surface area contributed by atoms with Gasteiger partial charge in [-0.15, -0.1) is 0 Å². The third-order valence-corrected chi connectivity index (χ3v) is 4.31. The fourth-order valence-corrected chi connectivity index (χ4v) is 3.09. The van der Waals surface area contributed by atoms with Crippen molar-refractivity contribution in [3.05, 3.63) is 31.5 Å². The zero-order valence-corrected chi connectivity index (χ0v) is 14.3. The summed E-state index contributed by atoms with van der Waals surface area (Å²) in [7, 11) is 0. The Morgan fingerprint density at radius 2 is 2.00 bits per heavy atom. The Morgan fingerprint density at radius 1 is 1.30 bits per heavy atom. The van der Waals surface area contributed by atoms with E-state index in [0.29, 0.717) is 12.8 Å². The molecule has 0 radical (unpaired) electrons. The van der Waals surface area contributed by atoms with Gasteiger partial charge in [0.1, 0.15) is 6.10 Å². The number of hydrogen-bond donors (Lipinski definition) is 1. The number of rotatable bonds is 4. The van der Waals surface area contributed by atoms with Crippen LogP contribution in [0.5, 0.6) is 0 Å². The van der Waals surface area contributed by atoms with Crippen LogP contribution in [-0.4, -0.2) is 34.2 Å². The summed E-state index contributed by atoms with van der Waals surface area (Å²) < 4.78 is 11.9. The van der Waals surface area contributed by atoms with Crippen molar-refractivity contribution in [1.29, 1.82) is 0 Å². The Hall–Kier alpha value is -1.90. The molecule has 3 unspecified atom stereocenters. The van der Waals surface area contributed by atoms with Gasteiger partial charge in [-0.1, -0.05) is 0 Å². The van der Waals surface area contributed by atoms with E-state index in [0.717, 1.165) is 0 Å². The standard InChI is InChI=1S/C14H17BrN2O6/c1-7(18)22-6-9-3-10(4-12(9)23-8(2)19)17-5-11(15)13(20)16-14(17)21/h5,9-10,12H,3-4,6H2,1-2H3,(H,16,20,21). The third kappa shape index (κ3) is 4.31. The number of hydrogen-bond acceptors (Lipinski definition) is 6. The number of aromatic nitrogens is 2. The molecular weight excluding hydrogens is 372 g/mol. The van der Waals surface area contributed by atoms with Gasteiger partial charge in [0.15, 0.2) is 0 Å². The van der Waals surface area contributed by atoms with E-state index in [-0.39, 0.29) is 23.0 Å². The zero-order chi connectivity index (χ0) is 17.1. The van der Waals surface area contributed by atoms with E-state index in [1.165, 1.54) is 24.6 Å². The molecule has 0 amide bonds. The molecule has 1 heterocycles. The molecule has 1 fully saturated rings. The maximum atomic E-state index is 12.0. The topological polar surface area (TPSA) is 107 Å². The van der Waals surface area contributed by atoms with Crippen molar-refractivity contribution in [3.8, 4) is 0 Å². The van der Waals surface area contributed by atoms with Crippen LogP contribution in [-0.2, 0) is 19.1 Å². The van der Waals surface area contributed by atoms with Gasteiger partial charge in [-0.25, -0.2) is 4.79 Å². The van der Waals surface area contributed by atoms with Crippen molar-refractivity contribution in [3.63, 3.8) is 0 Å². The lowest BCUT2D eigenvalue weighted by Gasteiger charge is -2.18. The molecular formula is C14H17BrN2O6. The molecule has 1 N–H and O–H groups in total. The first-order valence-electron chi connectivity index (χ1n) is 7.09. The fourth-order valence-electron chi connectivity index (χ4n) is 2.77. The summed E-state index contributed by atoms with van der Waals surface area (Å²) in [4.78, 5) is 47.8. The van der Waals surface area contributed by atoms with Gasteiger partial charge in [0.05, 0.1) is 11.1 Å². The van der Waals surface area contributed by atoms with Gasteiger partial charge in [-0.05, 0) is 22.4 Å². The van der Waals surface area contributed by atoms with Crippen molar-refractivity contribution < 1.29 is 19.1 Å². The van der Waals surface area contributed by atoms with Crippen molar-refractivity contribution in [2.24, 2.45) is 5.92 Å². The van der Waals surface area contributed by atoms with Crippen molar-refractivity contribution in [2.75, 3.05) is 6.61 Å². The number of carbonyl (C=O) groups is 2. The molecule has 1 aliphatic rings. The van der Waals surface area contributed by atoms with Crippen LogP contribution in [0.2, 0.25) is 0 Å². The SMILES string of the molecule is CC(=O)OCC1CC(n2cc(Br)c(=O)[nH]c2=O)CC1OC(C)=O. The molecule has 0 spiro atoms. The van der Waals surface area contributed by atoms with E-state index in [1.807, 2.05) is 0 Å². The molecule has 8 nitrogen and oxygen atoms in total. The monoisotopic (exact) mass is 388 g/mol. The van der Waals surface area contributed by atoms with Crippen LogP contribution in [0.4, 0.5) is 0 Å². The van der Waals surface area contributed by atoms with E-state index in [1.54, 1.807) is 0 Å². The maximum Gasteiger partial charge on any atom is 0.328 e. The number of nitrogens with one attached hydrogen (secondary N) is 1. The lowest BCUT2D eigenvalue weighted by atomic mass is 10.1. The van der Waals surface area contributed by atoms with Crippen LogP contribution >= 0.6 is 15.9 Å². The number of carbonyl (C=O) groups excluding carboxylic acids is 2. The molecule has 0 bridgehead atoms. The van der Waals surface area contributed by atoms with E-state index in [2.05, 4.69) is 20.9 Å². The Bertz CT molecular complexity index is 725. The van der Waals surface area contributed by atoms with Gasteiger partial charge >= 0.3 is 17.6 Å². The number of halogens is 1. The molecule has 1 saturated carbocycles. The van der Waals surface area contributed by atoms with Gasteiger partial charge in [0.25, 0.3) is 5.56 Å². The summed E-state index contributed by atoms with van der Waals surface area (Å²) in [6.45, 7) is 2.72. The summed E-state index contributed by atoms with van der Waals surface area (Å²) in [5.41, 5.74) is -1.03. The normalized spacial score (nSPS) is 23.5. The third-order valence-electron chi connectivity index (χ3n) is 3.74. The quantitative estimate of drug-likeness (QED) is 0.762. The van der Waals surface area contributed by atoms with Gasteiger partial charge < -0.3 is 9.47 Å². The molecule has 2 rings (SSSR count). The van der Waals surface area contributed by atoms with Crippen LogP contribution in [0.25, 0.3) is 0 Å². The molecule has 1 aliphatic carbocycles. The minimum Gasteiger partial charge on any atom is -0.465 e. The summed E-state index contributed by atoms with van der Waals surface area (Å²) in [6, 6.07) is -0.263. The smallest absolute Gasteiger partial charge is 0.328 e. The average molecular weight is 389 g/mol. The highest BCUT2D eigenvalue weighted by atomic mass is 79.9. The first kappa shape index (κ1) is 17.5. The van der Waals surface area contributed by atoms with Crippen LogP contribution in [0, 0.1) is 5.92 Å². The summed E-state index contributed by atoms with van der Waals surface area (Å²) in [5, 5.41) is 0. The average Bonchev–Trinajstić information content (AvgIpc) is 2.82. The summed E-state index contributed by atoms with van der Waals surface area (Å²) in [6.07, 6.45) is 1.87. The van der Waals surface area contributed by atoms with Crippen LogP contribution < -0.4 is 11.2 Å². The fraction of sp³-hybridized carbons (Fsp3) is 0.571. The highest BCUT2D eigenvalue weighted by Gasteiger charge is 2.38. The highest BCUT2D eigenvalue weighted by Crippen LogP contribution is 2.36. The maximum absolute atomic E-state index is 12.0. The van der Waals surface area contributed by atoms with Crippen molar-refractivity contribution >= 4 is 27.9 Å². The van der Waals surface area contributed by atoms with Gasteiger partial charge in [0.2, 0.25) is 0 Å². The minimum absolute atomic E-state index is 0.114. The Balaban J connectivity index is 2.23. The molecule has 0 saturated heterocycles. The zero-order valence-electron chi connectivity index (χ0n) is 12.7. The molecule has 0 aliphatic heterocycles. The number of ether oxygens (including phenoxy) is 2. The molecule has 23 heavy (non-hydrogen) atoms. The molecule has 126 valence electrons. The number of aromatic amines is 1. The predicted octanol–water partition coefficient (Wildman–Crippen LogP) is 0.745. The number of nitrogens with zero attached hydrogens (tertiary/aromatic N) is 1. The molecule has 1 aromatic rings. The first-order valence-corrected chi connectivity index (χ1v) is 7.88. The Labute approximate surface area is 139 Å². The van der Waals surface area contributed by atoms with Gasteiger partial charge in [-0.2, -0.15) is 0 Å². The predicted molar refractivity (Wildman–Crippen MR) is 83.0 cm³/mol. The number of H-pyrrole nitrogens is 1. The van der Waals surface area contributed by atoms with Crippen LogP contribution in [0.3, 0.4) is 0 Å². The van der Waals surface area contributed by atoms with Gasteiger partial charge in [0, 0.05) is 38.4 Å². The number of esters is 2. The lowest BCUT2D eigenvalue weighted by Crippen LogP contribution is -2.32.